The smallest absolute Gasteiger partial charge is 0.131 e. The predicted molar refractivity (Wildman–Crippen MR) is 57.3 cm³/mol. The monoisotopic (exact) mass is 241 g/mol. The van der Waals surface area contributed by atoms with Gasteiger partial charge in [0, 0.05) is 17.1 Å². The minimum absolute atomic E-state index is 0.173. The molecule has 0 bridgehead atoms. The highest BCUT2D eigenvalue weighted by molar-refractivity contribution is 7.09. The zero-order chi connectivity index (χ0) is 11.7. The van der Waals surface area contributed by atoms with Gasteiger partial charge in [-0.1, -0.05) is 0 Å². The topological polar surface area (TPSA) is 33.1 Å². The molecule has 1 unspecified atom stereocenters. The van der Waals surface area contributed by atoms with E-state index in [4.69, 9.17) is 0 Å². The van der Waals surface area contributed by atoms with E-state index < -0.39 is 17.7 Å². The number of halogens is 2. The summed E-state index contributed by atoms with van der Waals surface area (Å²) in [5.74, 6) is -1.41. The third-order valence-electron chi connectivity index (χ3n) is 2.07. The Balaban J connectivity index is 2.37. The Morgan fingerprint density at radius 3 is 2.38 bits per heavy atom. The molecule has 2 nitrogen and oxygen atoms in total. The molecular weight excluding hydrogens is 232 g/mol. The van der Waals surface area contributed by atoms with Gasteiger partial charge in [-0.25, -0.2) is 13.8 Å². The van der Waals surface area contributed by atoms with Gasteiger partial charge in [0.2, 0.25) is 0 Å². The van der Waals surface area contributed by atoms with Gasteiger partial charge in [0.05, 0.1) is 0 Å². The molecule has 2 aromatic rings. The standard InChI is InChI=1S/C11H9F2NOS/c1-6-5-16-11(14-6)10(15)7-2-8(12)4-9(13)3-7/h2-5,10,15H,1H3. The second-order valence-corrected chi connectivity index (χ2v) is 4.32. The molecule has 1 N–H and O–H groups in total. The van der Waals surface area contributed by atoms with E-state index in [-0.39, 0.29) is 5.56 Å². The van der Waals surface area contributed by atoms with E-state index in [2.05, 4.69) is 4.98 Å². The summed E-state index contributed by atoms with van der Waals surface area (Å²) in [7, 11) is 0. The van der Waals surface area contributed by atoms with Crippen LogP contribution in [0.2, 0.25) is 0 Å². The van der Waals surface area contributed by atoms with Crippen LogP contribution in [0.1, 0.15) is 22.4 Å². The quantitative estimate of drug-likeness (QED) is 0.877. The average molecular weight is 241 g/mol. The Kier molecular flexibility index (Phi) is 2.98. The Labute approximate surface area is 95.2 Å². The summed E-state index contributed by atoms with van der Waals surface area (Å²) in [6.45, 7) is 1.79. The number of rotatable bonds is 2. The van der Waals surface area contributed by atoms with Crippen molar-refractivity contribution >= 4 is 11.3 Å². The van der Waals surface area contributed by atoms with E-state index in [1.54, 1.807) is 12.3 Å². The summed E-state index contributed by atoms with van der Waals surface area (Å²) in [5, 5.41) is 12.1. The summed E-state index contributed by atoms with van der Waals surface area (Å²) >= 11 is 1.26. The minimum atomic E-state index is -1.08. The predicted octanol–water partition coefficient (Wildman–Crippen LogP) is 2.81. The van der Waals surface area contributed by atoms with Crippen LogP contribution in [0.25, 0.3) is 0 Å². The molecule has 0 amide bonds. The fraction of sp³-hybridized carbons (Fsp3) is 0.182. The van der Waals surface area contributed by atoms with Crippen LogP contribution in [0.4, 0.5) is 8.78 Å². The normalized spacial score (nSPS) is 12.8. The number of hydrogen-bond donors (Lipinski definition) is 1. The second kappa shape index (κ2) is 4.27. The van der Waals surface area contributed by atoms with Crippen LogP contribution in [-0.4, -0.2) is 10.1 Å². The summed E-state index contributed by atoms with van der Waals surface area (Å²) in [6.07, 6.45) is -1.08. The molecule has 1 aromatic carbocycles. The number of aryl methyl sites for hydroxylation is 1. The largest absolute Gasteiger partial charge is 0.381 e. The van der Waals surface area contributed by atoms with Gasteiger partial charge >= 0.3 is 0 Å². The van der Waals surface area contributed by atoms with Crippen molar-refractivity contribution in [2.24, 2.45) is 0 Å². The number of nitrogens with zero attached hydrogens (tertiary/aromatic N) is 1. The fourth-order valence-electron chi connectivity index (χ4n) is 1.37. The molecule has 0 aliphatic rings. The van der Waals surface area contributed by atoms with Crippen LogP contribution in [-0.2, 0) is 0 Å². The molecule has 5 heteroatoms. The van der Waals surface area contributed by atoms with Gasteiger partial charge in [-0.15, -0.1) is 11.3 Å². The van der Waals surface area contributed by atoms with Crippen LogP contribution in [0.3, 0.4) is 0 Å². The molecule has 0 saturated carbocycles. The number of aliphatic hydroxyl groups excluding tert-OH is 1. The van der Waals surface area contributed by atoms with Crippen LogP contribution >= 0.6 is 11.3 Å². The second-order valence-electron chi connectivity index (χ2n) is 3.43. The van der Waals surface area contributed by atoms with E-state index in [1.807, 2.05) is 0 Å². The molecule has 0 radical (unpaired) electrons. The van der Waals surface area contributed by atoms with Crippen molar-refractivity contribution in [3.63, 3.8) is 0 Å². The summed E-state index contributed by atoms with van der Waals surface area (Å²) < 4.78 is 25.9. The number of benzene rings is 1. The van der Waals surface area contributed by atoms with Crippen molar-refractivity contribution in [1.82, 2.24) is 4.98 Å². The maximum atomic E-state index is 12.9. The minimum Gasteiger partial charge on any atom is -0.381 e. The lowest BCUT2D eigenvalue weighted by Gasteiger charge is -2.07. The number of aromatic nitrogens is 1. The lowest BCUT2D eigenvalue weighted by atomic mass is 10.1. The van der Waals surface area contributed by atoms with E-state index in [9.17, 15) is 13.9 Å². The Morgan fingerprint density at radius 2 is 1.88 bits per heavy atom. The highest BCUT2D eigenvalue weighted by Crippen LogP contribution is 2.25. The highest BCUT2D eigenvalue weighted by atomic mass is 32.1. The molecule has 0 fully saturated rings. The number of hydrogen-bond acceptors (Lipinski definition) is 3. The van der Waals surface area contributed by atoms with E-state index >= 15 is 0 Å². The molecule has 1 heterocycles. The van der Waals surface area contributed by atoms with Gasteiger partial charge in [0.1, 0.15) is 22.7 Å². The van der Waals surface area contributed by atoms with E-state index in [0.717, 1.165) is 23.9 Å². The van der Waals surface area contributed by atoms with Gasteiger partial charge in [-0.3, -0.25) is 0 Å². The molecular formula is C11H9F2NOS. The van der Waals surface area contributed by atoms with E-state index in [0.29, 0.717) is 5.01 Å². The van der Waals surface area contributed by atoms with Crippen LogP contribution in [0.5, 0.6) is 0 Å². The molecule has 2 rings (SSSR count). The Morgan fingerprint density at radius 1 is 1.25 bits per heavy atom. The summed E-state index contributed by atoms with van der Waals surface area (Å²) in [6, 6.07) is 2.97. The van der Waals surface area contributed by atoms with Crippen molar-refractivity contribution in [1.29, 1.82) is 0 Å². The lowest BCUT2D eigenvalue weighted by Crippen LogP contribution is -2.00. The molecule has 0 aliphatic heterocycles. The first-order valence-corrected chi connectivity index (χ1v) is 5.50. The third-order valence-corrected chi connectivity index (χ3v) is 3.09. The zero-order valence-corrected chi connectivity index (χ0v) is 9.26. The SMILES string of the molecule is Cc1csc(C(O)c2cc(F)cc(F)c2)n1. The van der Waals surface area contributed by atoms with Gasteiger partial charge in [0.15, 0.2) is 0 Å². The Hall–Kier alpha value is -1.33. The molecule has 16 heavy (non-hydrogen) atoms. The molecule has 84 valence electrons. The van der Waals surface area contributed by atoms with Crippen molar-refractivity contribution in [3.05, 3.63) is 51.5 Å². The van der Waals surface area contributed by atoms with Gasteiger partial charge in [0.25, 0.3) is 0 Å². The van der Waals surface area contributed by atoms with E-state index in [1.165, 1.54) is 11.3 Å². The van der Waals surface area contributed by atoms with Crippen LogP contribution < -0.4 is 0 Å². The van der Waals surface area contributed by atoms with Crippen molar-refractivity contribution in [2.75, 3.05) is 0 Å². The van der Waals surface area contributed by atoms with Crippen LogP contribution in [0.15, 0.2) is 23.6 Å². The maximum absolute atomic E-state index is 12.9. The van der Waals surface area contributed by atoms with Crippen LogP contribution in [0, 0.1) is 18.6 Å². The molecule has 0 spiro atoms. The third kappa shape index (κ3) is 2.25. The highest BCUT2D eigenvalue weighted by Gasteiger charge is 2.15. The van der Waals surface area contributed by atoms with Crippen molar-refractivity contribution < 1.29 is 13.9 Å². The first-order valence-electron chi connectivity index (χ1n) is 4.62. The fourth-order valence-corrected chi connectivity index (χ4v) is 2.18. The van der Waals surface area contributed by atoms with Gasteiger partial charge in [-0.2, -0.15) is 0 Å². The summed E-state index contributed by atoms with van der Waals surface area (Å²) in [5.41, 5.74) is 0.947. The summed E-state index contributed by atoms with van der Waals surface area (Å²) in [4.78, 5) is 4.07. The first kappa shape index (κ1) is 11.2. The van der Waals surface area contributed by atoms with Crippen molar-refractivity contribution in [2.45, 2.75) is 13.0 Å². The Bertz CT molecular complexity index is 492. The van der Waals surface area contributed by atoms with Gasteiger partial charge in [-0.05, 0) is 24.6 Å². The molecule has 0 saturated heterocycles. The number of aliphatic hydroxyl groups is 1. The number of thiazole rings is 1. The van der Waals surface area contributed by atoms with Crippen molar-refractivity contribution in [3.8, 4) is 0 Å². The lowest BCUT2D eigenvalue weighted by molar-refractivity contribution is 0.218. The van der Waals surface area contributed by atoms with Gasteiger partial charge < -0.3 is 5.11 Å². The molecule has 1 aromatic heterocycles. The molecule has 1 atom stereocenters. The molecule has 0 aliphatic carbocycles. The maximum Gasteiger partial charge on any atom is 0.131 e. The average Bonchev–Trinajstić information content (AvgIpc) is 2.62. The first-order chi connectivity index (χ1) is 7.56. The zero-order valence-electron chi connectivity index (χ0n) is 8.45.